The molecule has 0 radical (unpaired) electrons. The van der Waals surface area contributed by atoms with Gasteiger partial charge in [0.1, 0.15) is 11.5 Å². The second kappa shape index (κ2) is 5.19. The summed E-state index contributed by atoms with van der Waals surface area (Å²) < 4.78 is 0. The SMILES string of the molecule is O=C(C=Cc1cccc(O)c1)c1ccc(O)cc1. The quantitative estimate of drug-likeness (QED) is 0.640. The van der Waals surface area contributed by atoms with Crippen molar-refractivity contribution >= 4 is 11.9 Å². The molecule has 0 atom stereocenters. The molecule has 2 rings (SSSR count). The van der Waals surface area contributed by atoms with Gasteiger partial charge < -0.3 is 10.2 Å². The topological polar surface area (TPSA) is 57.5 Å². The number of ketones is 1. The van der Waals surface area contributed by atoms with Crippen molar-refractivity contribution in [3.8, 4) is 11.5 Å². The van der Waals surface area contributed by atoms with E-state index in [0.717, 1.165) is 5.56 Å². The lowest BCUT2D eigenvalue weighted by Crippen LogP contribution is -1.92. The van der Waals surface area contributed by atoms with E-state index in [4.69, 9.17) is 5.11 Å². The highest BCUT2D eigenvalue weighted by molar-refractivity contribution is 6.06. The molecule has 2 N–H and O–H groups in total. The predicted octanol–water partition coefficient (Wildman–Crippen LogP) is 2.99. The second-order valence-electron chi connectivity index (χ2n) is 3.84. The van der Waals surface area contributed by atoms with E-state index >= 15 is 0 Å². The Morgan fingerprint density at radius 2 is 1.67 bits per heavy atom. The molecule has 0 aromatic heterocycles. The zero-order valence-corrected chi connectivity index (χ0v) is 9.58. The molecule has 3 nitrogen and oxygen atoms in total. The normalized spacial score (nSPS) is 10.7. The number of benzene rings is 2. The standard InChI is InChI=1S/C15H12O3/c16-13-7-5-12(6-8-13)15(18)9-4-11-2-1-3-14(17)10-11/h1-10,16-17H. The molecule has 0 heterocycles. The van der Waals surface area contributed by atoms with Gasteiger partial charge in [-0.3, -0.25) is 4.79 Å². The Hall–Kier alpha value is -2.55. The first-order chi connectivity index (χ1) is 8.65. The minimum atomic E-state index is -0.154. The Balaban J connectivity index is 2.14. The van der Waals surface area contributed by atoms with E-state index in [0.29, 0.717) is 5.56 Å². The van der Waals surface area contributed by atoms with Gasteiger partial charge in [0.2, 0.25) is 0 Å². The molecule has 0 aliphatic rings. The van der Waals surface area contributed by atoms with Crippen molar-refractivity contribution in [2.45, 2.75) is 0 Å². The molecule has 0 saturated carbocycles. The highest BCUT2D eigenvalue weighted by atomic mass is 16.3. The Morgan fingerprint density at radius 3 is 2.33 bits per heavy atom. The first kappa shape index (κ1) is 11.9. The summed E-state index contributed by atoms with van der Waals surface area (Å²) in [6.45, 7) is 0. The molecule has 2 aromatic carbocycles. The van der Waals surface area contributed by atoms with Crippen molar-refractivity contribution < 1.29 is 15.0 Å². The highest BCUT2D eigenvalue weighted by Gasteiger charge is 2.01. The van der Waals surface area contributed by atoms with Gasteiger partial charge in [-0.25, -0.2) is 0 Å². The summed E-state index contributed by atoms with van der Waals surface area (Å²) in [6.07, 6.45) is 3.07. The molecule has 90 valence electrons. The summed E-state index contributed by atoms with van der Waals surface area (Å²) in [4.78, 5) is 11.8. The first-order valence-corrected chi connectivity index (χ1v) is 5.45. The Kier molecular flexibility index (Phi) is 3.44. The molecule has 3 heteroatoms. The van der Waals surface area contributed by atoms with E-state index in [1.54, 1.807) is 42.5 Å². The fourth-order valence-electron chi connectivity index (χ4n) is 1.52. The van der Waals surface area contributed by atoms with Crippen molar-refractivity contribution in [1.29, 1.82) is 0 Å². The molecule has 0 amide bonds. The maximum atomic E-state index is 11.8. The van der Waals surface area contributed by atoms with E-state index in [-0.39, 0.29) is 17.3 Å². The third-order valence-electron chi connectivity index (χ3n) is 2.45. The molecular weight excluding hydrogens is 228 g/mol. The van der Waals surface area contributed by atoms with Crippen LogP contribution in [-0.2, 0) is 0 Å². The lowest BCUT2D eigenvalue weighted by atomic mass is 10.1. The van der Waals surface area contributed by atoms with E-state index in [1.165, 1.54) is 18.2 Å². The van der Waals surface area contributed by atoms with Gasteiger partial charge in [0.25, 0.3) is 0 Å². The lowest BCUT2D eigenvalue weighted by Gasteiger charge is -1.97. The smallest absolute Gasteiger partial charge is 0.185 e. The average Bonchev–Trinajstić information content (AvgIpc) is 2.37. The summed E-state index contributed by atoms with van der Waals surface area (Å²) in [7, 11) is 0. The minimum Gasteiger partial charge on any atom is -0.508 e. The summed E-state index contributed by atoms with van der Waals surface area (Å²) >= 11 is 0. The van der Waals surface area contributed by atoms with Crippen LogP contribution in [0, 0.1) is 0 Å². The number of rotatable bonds is 3. The molecule has 0 spiro atoms. The van der Waals surface area contributed by atoms with Crippen LogP contribution in [-0.4, -0.2) is 16.0 Å². The number of phenols is 2. The van der Waals surface area contributed by atoms with Crippen LogP contribution in [0.15, 0.2) is 54.6 Å². The Morgan fingerprint density at radius 1 is 0.944 bits per heavy atom. The number of hydrogen-bond donors (Lipinski definition) is 2. The number of aromatic hydroxyl groups is 2. The molecule has 18 heavy (non-hydrogen) atoms. The van der Waals surface area contributed by atoms with Gasteiger partial charge in [-0.2, -0.15) is 0 Å². The largest absolute Gasteiger partial charge is 0.508 e. The van der Waals surface area contributed by atoms with Crippen LogP contribution in [0.5, 0.6) is 11.5 Å². The fourth-order valence-corrected chi connectivity index (χ4v) is 1.52. The minimum absolute atomic E-state index is 0.128. The third-order valence-corrected chi connectivity index (χ3v) is 2.45. The van der Waals surface area contributed by atoms with E-state index in [1.807, 2.05) is 0 Å². The van der Waals surface area contributed by atoms with E-state index < -0.39 is 0 Å². The van der Waals surface area contributed by atoms with Crippen LogP contribution in [0.3, 0.4) is 0 Å². The highest BCUT2D eigenvalue weighted by Crippen LogP contribution is 2.14. The predicted molar refractivity (Wildman–Crippen MR) is 69.6 cm³/mol. The van der Waals surface area contributed by atoms with Gasteiger partial charge in [-0.15, -0.1) is 0 Å². The second-order valence-corrected chi connectivity index (χ2v) is 3.84. The van der Waals surface area contributed by atoms with Crippen LogP contribution >= 0.6 is 0 Å². The molecule has 0 bridgehead atoms. The Labute approximate surface area is 105 Å². The van der Waals surface area contributed by atoms with Crippen LogP contribution in [0.4, 0.5) is 0 Å². The summed E-state index contributed by atoms with van der Waals surface area (Å²) in [5.41, 5.74) is 1.26. The van der Waals surface area contributed by atoms with Crippen LogP contribution in [0.25, 0.3) is 6.08 Å². The summed E-state index contributed by atoms with van der Waals surface area (Å²) in [5, 5.41) is 18.4. The van der Waals surface area contributed by atoms with E-state index in [9.17, 15) is 9.90 Å². The molecule has 0 saturated heterocycles. The van der Waals surface area contributed by atoms with Gasteiger partial charge in [0, 0.05) is 5.56 Å². The molecule has 0 aliphatic heterocycles. The Bertz CT molecular complexity index is 583. The number of phenolic OH excluding ortho intramolecular Hbond substituents is 2. The summed E-state index contributed by atoms with van der Waals surface area (Å²) in [5.74, 6) is 0.135. The maximum absolute atomic E-state index is 11.8. The molecular formula is C15H12O3. The van der Waals surface area contributed by atoms with Gasteiger partial charge >= 0.3 is 0 Å². The van der Waals surface area contributed by atoms with Crippen LogP contribution in [0.1, 0.15) is 15.9 Å². The average molecular weight is 240 g/mol. The number of carbonyl (C=O) groups excluding carboxylic acids is 1. The fraction of sp³-hybridized carbons (Fsp3) is 0. The van der Waals surface area contributed by atoms with Gasteiger partial charge in [-0.05, 0) is 48.0 Å². The van der Waals surface area contributed by atoms with Crippen molar-refractivity contribution in [3.05, 3.63) is 65.7 Å². The van der Waals surface area contributed by atoms with Crippen molar-refractivity contribution in [2.75, 3.05) is 0 Å². The lowest BCUT2D eigenvalue weighted by molar-refractivity contribution is 0.104. The van der Waals surface area contributed by atoms with Crippen LogP contribution in [0.2, 0.25) is 0 Å². The molecule has 0 unspecified atom stereocenters. The number of carbonyl (C=O) groups is 1. The number of hydrogen-bond acceptors (Lipinski definition) is 3. The molecule has 2 aromatic rings. The van der Waals surface area contributed by atoms with Gasteiger partial charge in [0.05, 0.1) is 0 Å². The van der Waals surface area contributed by atoms with Crippen molar-refractivity contribution in [2.24, 2.45) is 0 Å². The molecule has 0 fully saturated rings. The van der Waals surface area contributed by atoms with E-state index in [2.05, 4.69) is 0 Å². The zero-order chi connectivity index (χ0) is 13.0. The first-order valence-electron chi connectivity index (χ1n) is 5.45. The van der Waals surface area contributed by atoms with Crippen LogP contribution < -0.4 is 0 Å². The third kappa shape index (κ3) is 2.98. The summed E-state index contributed by atoms with van der Waals surface area (Å²) in [6, 6.07) is 12.7. The van der Waals surface area contributed by atoms with Crippen molar-refractivity contribution in [3.63, 3.8) is 0 Å². The molecule has 0 aliphatic carbocycles. The van der Waals surface area contributed by atoms with Gasteiger partial charge in [-0.1, -0.05) is 18.2 Å². The van der Waals surface area contributed by atoms with Gasteiger partial charge in [0.15, 0.2) is 5.78 Å². The number of allylic oxidation sites excluding steroid dienone is 1. The van der Waals surface area contributed by atoms with Crippen molar-refractivity contribution in [1.82, 2.24) is 0 Å². The monoisotopic (exact) mass is 240 g/mol. The maximum Gasteiger partial charge on any atom is 0.185 e. The zero-order valence-electron chi connectivity index (χ0n) is 9.58.